The molecule has 0 saturated carbocycles. The van der Waals surface area contributed by atoms with Crippen LogP contribution in [0.5, 0.6) is 5.75 Å². The van der Waals surface area contributed by atoms with Crippen molar-refractivity contribution < 1.29 is 15.3 Å². The van der Waals surface area contributed by atoms with Crippen LogP contribution in [-0.2, 0) is 0 Å². The van der Waals surface area contributed by atoms with Gasteiger partial charge in [0, 0.05) is 22.8 Å². The molecule has 2 rings (SSSR count). The van der Waals surface area contributed by atoms with Crippen LogP contribution in [0, 0.1) is 10.7 Å². The number of rotatable bonds is 2. The summed E-state index contributed by atoms with van der Waals surface area (Å²) in [5.74, 6) is 0.201. The van der Waals surface area contributed by atoms with E-state index in [0.29, 0.717) is 11.3 Å². The molecule has 3 N–H and O–H groups in total. The van der Waals surface area contributed by atoms with Gasteiger partial charge in [-0.2, -0.15) is 0 Å². The number of halogens is 3. The summed E-state index contributed by atoms with van der Waals surface area (Å²) in [6, 6.07) is 11.0. The fourth-order valence-electron chi connectivity index (χ4n) is 1.43. The van der Waals surface area contributed by atoms with Gasteiger partial charge in [0.2, 0.25) is 0 Å². The first-order chi connectivity index (χ1) is 8.99. The fourth-order valence-corrected chi connectivity index (χ4v) is 3.76. The smallest absolute Gasteiger partial charge is 0.345 e. The molecule has 19 heavy (non-hydrogen) atoms. The van der Waals surface area contributed by atoms with E-state index in [0.717, 1.165) is 16.4 Å². The van der Waals surface area contributed by atoms with Gasteiger partial charge in [0.15, 0.2) is 0 Å². The fraction of sp³-hybridized carbons (Fsp3) is 0. The van der Waals surface area contributed by atoms with Gasteiger partial charge in [-0.05, 0) is 92.0 Å². The molecule has 0 bridgehead atoms. The van der Waals surface area contributed by atoms with E-state index in [-0.39, 0.29) is 5.97 Å². The SMILES string of the molecule is [NH3+]c1ccc(OC(=O)c2c(I)ccc(I)c2I)cc1. The Morgan fingerprint density at radius 1 is 0.947 bits per heavy atom. The average Bonchev–Trinajstić information content (AvgIpc) is 2.37. The lowest BCUT2D eigenvalue weighted by Gasteiger charge is -2.09. The van der Waals surface area contributed by atoms with Crippen LogP contribution in [-0.4, -0.2) is 5.97 Å². The molecule has 2 aromatic rings. The standard InChI is InChI=1S/C13H8I3NO2/c14-9-5-6-10(15)12(16)11(9)13(18)19-8-3-1-7(17)2-4-8/h1-6H,17H2/p+1. The van der Waals surface area contributed by atoms with Crippen LogP contribution in [0.3, 0.4) is 0 Å². The summed E-state index contributed by atoms with van der Waals surface area (Å²) in [7, 11) is 0. The van der Waals surface area contributed by atoms with E-state index >= 15 is 0 Å². The third kappa shape index (κ3) is 3.79. The Hall–Kier alpha value is 0.0600. The number of benzene rings is 2. The van der Waals surface area contributed by atoms with Gasteiger partial charge in [-0.15, -0.1) is 0 Å². The first kappa shape index (κ1) is 15.4. The molecule has 0 aromatic heterocycles. The molecule has 0 amide bonds. The molecule has 0 fully saturated rings. The largest absolute Gasteiger partial charge is 0.423 e. The average molecular weight is 592 g/mol. The highest BCUT2D eigenvalue weighted by atomic mass is 127. The molecule has 6 heteroatoms. The van der Waals surface area contributed by atoms with Crippen LogP contribution in [0.15, 0.2) is 36.4 Å². The van der Waals surface area contributed by atoms with Crippen LogP contribution >= 0.6 is 67.8 Å². The lowest BCUT2D eigenvalue weighted by Crippen LogP contribution is -2.39. The molecular weight excluding hydrogens is 583 g/mol. The molecule has 0 aliphatic heterocycles. The molecule has 0 aliphatic rings. The van der Waals surface area contributed by atoms with E-state index in [2.05, 4.69) is 73.5 Å². The van der Waals surface area contributed by atoms with Crippen LogP contribution in [0.1, 0.15) is 10.4 Å². The molecule has 98 valence electrons. The number of ether oxygens (including phenoxy) is 1. The Morgan fingerprint density at radius 2 is 1.53 bits per heavy atom. The summed E-state index contributed by atoms with van der Waals surface area (Å²) in [6.07, 6.45) is 0. The third-order valence-electron chi connectivity index (χ3n) is 2.38. The van der Waals surface area contributed by atoms with Gasteiger partial charge in [-0.3, -0.25) is 0 Å². The molecule has 0 aliphatic carbocycles. The molecule has 0 saturated heterocycles. The minimum Gasteiger partial charge on any atom is -0.423 e. The molecular formula is C13H9I3NO2+. The van der Waals surface area contributed by atoms with Crippen molar-refractivity contribution in [3.05, 3.63) is 52.7 Å². The van der Waals surface area contributed by atoms with Gasteiger partial charge >= 0.3 is 5.97 Å². The number of carbonyl (C=O) groups is 1. The predicted octanol–water partition coefficient (Wildman–Crippen LogP) is 3.59. The molecule has 0 unspecified atom stereocenters. The highest BCUT2D eigenvalue weighted by Gasteiger charge is 2.18. The zero-order chi connectivity index (χ0) is 14.0. The zero-order valence-corrected chi connectivity index (χ0v) is 16.1. The van der Waals surface area contributed by atoms with Crippen molar-refractivity contribution in [1.82, 2.24) is 0 Å². The molecule has 0 radical (unpaired) electrons. The molecule has 2 aromatic carbocycles. The van der Waals surface area contributed by atoms with E-state index < -0.39 is 0 Å². The normalized spacial score (nSPS) is 10.3. The van der Waals surface area contributed by atoms with Crippen molar-refractivity contribution in [1.29, 1.82) is 0 Å². The Bertz CT molecular complexity index is 627. The maximum atomic E-state index is 12.2. The van der Waals surface area contributed by atoms with Crippen molar-refractivity contribution >= 4 is 79.4 Å². The van der Waals surface area contributed by atoms with Crippen LogP contribution in [0.2, 0.25) is 0 Å². The number of quaternary nitrogens is 1. The topological polar surface area (TPSA) is 53.9 Å². The number of carbonyl (C=O) groups excluding carboxylic acids is 1. The van der Waals surface area contributed by atoms with Crippen LogP contribution < -0.4 is 10.5 Å². The number of hydrogen-bond acceptors (Lipinski definition) is 2. The molecule has 0 spiro atoms. The second-order valence-corrected chi connectivity index (χ2v) is 7.15. The van der Waals surface area contributed by atoms with Crippen molar-refractivity contribution in [2.45, 2.75) is 0 Å². The highest BCUT2D eigenvalue weighted by Crippen LogP contribution is 2.25. The monoisotopic (exact) mass is 592 g/mol. The minimum absolute atomic E-state index is 0.330. The summed E-state index contributed by atoms with van der Waals surface area (Å²) >= 11 is 6.53. The van der Waals surface area contributed by atoms with Crippen molar-refractivity contribution in [2.24, 2.45) is 0 Å². The molecule has 3 nitrogen and oxygen atoms in total. The van der Waals surface area contributed by atoms with Gasteiger partial charge in [0.1, 0.15) is 11.4 Å². The Labute approximate surface area is 151 Å². The van der Waals surface area contributed by atoms with E-state index in [1.165, 1.54) is 0 Å². The van der Waals surface area contributed by atoms with Crippen molar-refractivity contribution in [3.63, 3.8) is 0 Å². The predicted molar refractivity (Wildman–Crippen MR) is 98.5 cm³/mol. The Balaban J connectivity index is 2.30. The quantitative estimate of drug-likeness (QED) is 0.251. The maximum absolute atomic E-state index is 12.2. The zero-order valence-electron chi connectivity index (χ0n) is 9.62. The van der Waals surface area contributed by atoms with Gasteiger partial charge in [0.25, 0.3) is 0 Å². The second kappa shape index (κ2) is 6.68. The lowest BCUT2D eigenvalue weighted by molar-refractivity contribution is -0.254. The van der Waals surface area contributed by atoms with Crippen molar-refractivity contribution in [2.75, 3.05) is 0 Å². The Kier molecular flexibility index (Phi) is 5.43. The summed E-state index contributed by atoms with van der Waals surface area (Å²) in [6.45, 7) is 0. The van der Waals surface area contributed by atoms with E-state index in [4.69, 9.17) is 4.74 Å². The first-order valence-electron chi connectivity index (χ1n) is 5.26. The highest BCUT2D eigenvalue weighted by molar-refractivity contribution is 14.1. The van der Waals surface area contributed by atoms with Gasteiger partial charge in [-0.25, -0.2) is 4.79 Å². The lowest BCUT2D eigenvalue weighted by atomic mass is 10.2. The summed E-state index contributed by atoms with van der Waals surface area (Å²) < 4.78 is 8.24. The van der Waals surface area contributed by atoms with E-state index in [1.807, 2.05) is 24.3 Å². The molecule has 0 heterocycles. The van der Waals surface area contributed by atoms with Crippen molar-refractivity contribution in [3.8, 4) is 5.75 Å². The molecule has 0 atom stereocenters. The summed E-state index contributed by atoms with van der Waals surface area (Å²) in [5, 5.41) is 0. The summed E-state index contributed by atoms with van der Waals surface area (Å²) in [5.41, 5.74) is 5.30. The first-order valence-corrected chi connectivity index (χ1v) is 8.50. The van der Waals surface area contributed by atoms with Gasteiger partial charge in [-0.1, -0.05) is 0 Å². The van der Waals surface area contributed by atoms with E-state index in [9.17, 15) is 4.79 Å². The van der Waals surface area contributed by atoms with Crippen LogP contribution in [0.4, 0.5) is 5.69 Å². The third-order valence-corrected chi connectivity index (χ3v) is 6.33. The van der Waals surface area contributed by atoms with E-state index in [1.54, 1.807) is 12.1 Å². The van der Waals surface area contributed by atoms with Gasteiger partial charge in [0.05, 0.1) is 5.56 Å². The minimum atomic E-state index is -0.330. The number of hydrogen-bond donors (Lipinski definition) is 1. The number of esters is 1. The maximum Gasteiger partial charge on any atom is 0.345 e. The second-order valence-electron chi connectivity index (χ2n) is 3.75. The van der Waals surface area contributed by atoms with Gasteiger partial charge < -0.3 is 10.5 Å². The Morgan fingerprint density at radius 3 is 2.16 bits per heavy atom. The summed E-state index contributed by atoms with van der Waals surface area (Å²) in [4.78, 5) is 12.2. The van der Waals surface area contributed by atoms with Crippen LogP contribution in [0.25, 0.3) is 0 Å².